The van der Waals surface area contributed by atoms with Crippen molar-refractivity contribution >= 4 is 28.7 Å². The number of aromatic nitrogens is 1. The van der Waals surface area contributed by atoms with Crippen LogP contribution in [-0.2, 0) is 0 Å². The van der Waals surface area contributed by atoms with E-state index in [2.05, 4.69) is 61.1 Å². The second kappa shape index (κ2) is 6.52. The third-order valence-corrected chi connectivity index (χ3v) is 4.37. The first kappa shape index (κ1) is 16.3. The third-order valence-electron chi connectivity index (χ3n) is 4.37. The molecule has 2 aromatic rings. The van der Waals surface area contributed by atoms with Gasteiger partial charge in [-0.3, -0.25) is 9.36 Å². The van der Waals surface area contributed by atoms with Gasteiger partial charge in [-0.15, -0.1) is 0 Å². The van der Waals surface area contributed by atoms with E-state index < -0.39 is 0 Å². The second-order valence-electron chi connectivity index (χ2n) is 6.63. The molecule has 1 unspecified atom stereocenters. The summed E-state index contributed by atoms with van der Waals surface area (Å²) >= 11 is 0. The van der Waals surface area contributed by atoms with Gasteiger partial charge in [-0.1, -0.05) is 50.8 Å². The van der Waals surface area contributed by atoms with Crippen LogP contribution in [0.1, 0.15) is 31.1 Å². The van der Waals surface area contributed by atoms with E-state index in [1.54, 1.807) is 0 Å². The number of fused-ring (bicyclic) bond motifs is 1. The fourth-order valence-electron chi connectivity index (χ4n) is 3.06. The van der Waals surface area contributed by atoms with Crippen LogP contribution in [0.25, 0.3) is 16.6 Å². The van der Waals surface area contributed by atoms with E-state index in [4.69, 9.17) is 0 Å². The molecule has 0 saturated carbocycles. The quantitative estimate of drug-likeness (QED) is 0.429. The summed E-state index contributed by atoms with van der Waals surface area (Å²) in [6.07, 6.45) is 9.10. The largest absolute Gasteiger partial charge is 0.351 e. The van der Waals surface area contributed by atoms with Gasteiger partial charge in [-0.05, 0) is 31.1 Å². The molecule has 1 aliphatic heterocycles. The Hall–Kier alpha value is -2.55. The van der Waals surface area contributed by atoms with E-state index in [1.165, 1.54) is 0 Å². The average Bonchev–Trinajstić information content (AvgIpc) is 3.19. The molecule has 0 spiro atoms. The first-order valence-electron chi connectivity index (χ1n) is 8.45. The summed E-state index contributed by atoms with van der Waals surface area (Å²) in [5.41, 5.74) is 2.78. The summed E-state index contributed by atoms with van der Waals surface area (Å²) in [5.74, 6) is 1.47. The van der Waals surface area contributed by atoms with Crippen molar-refractivity contribution in [3.8, 4) is 0 Å². The lowest BCUT2D eigenvalue weighted by atomic mass is 10.2. The molecule has 3 nitrogen and oxygen atoms in total. The van der Waals surface area contributed by atoms with Crippen molar-refractivity contribution in [2.45, 2.75) is 26.8 Å². The van der Waals surface area contributed by atoms with E-state index in [-0.39, 0.29) is 0 Å². The Labute approximate surface area is 143 Å². The van der Waals surface area contributed by atoms with E-state index in [1.807, 2.05) is 24.3 Å². The van der Waals surface area contributed by atoms with E-state index in [9.17, 15) is 4.79 Å². The highest BCUT2D eigenvalue weighted by Crippen LogP contribution is 2.39. The summed E-state index contributed by atoms with van der Waals surface area (Å²) in [5, 5.41) is 0.988. The Balaban J connectivity index is 2.25. The summed E-state index contributed by atoms with van der Waals surface area (Å²) in [6.45, 7) is 11.4. The van der Waals surface area contributed by atoms with Crippen LogP contribution >= 0.6 is 0 Å². The summed E-state index contributed by atoms with van der Waals surface area (Å²) in [4.78, 5) is 14.1. The molecule has 1 atom stereocenters. The maximum atomic E-state index is 11.8. The fraction of sp³-hybridized carbons (Fsp3) is 0.286. The number of allylic oxidation sites excluding steroid dienone is 5. The zero-order valence-corrected chi connectivity index (χ0v) is 14.6. The number of carbonyl (C=O) groups is 1. The highest BCUT2D eigenvalue weighted by Gasteiger charge is 2.35. The fourth-order valence-corrected chi connectivity index (χ4v) is 3.06. The first-order valence-corrected chi connectivity index (χ1v) is 8.45. The predicted molar refractivity (Wildman–Crippen MR) is 103 cm³/mol. The molecule has 0 amide bonds. The molecule has 1 saturated heterocycles. The lowest BCUT2D eigenvalue weighted by Gasteiger charge is -2.13. The lowest BCUT2D eigenvalue weighted by Crippen LogP contribution is -2.06. The Morgan fingerprint density at radius 3 is 2.62 bits per heavy atom. The molecule has 0 N–H and O–H groups in total. The lowest BCUT2D eigenvalue weighted by molar-refractivity contribution is 0.112. The van der Waals surface area contributed by atoms with Gasteiger partial charge in [-0.2, -0.15) is 0 Å². The van der Waals surface area contributed by atoms with Crippen molar-refractivity contribution in [3.05, 3.63) is 60.7 Å². The zero-order chi connectivity index (χ0) is 17.3. The summed E-state index contributed by atoms with van der Waals surface area (Å²) in [7, 11) is 0. The minimum Gasteiger partial charge on any atom is -0.351 e. The molecule has 1 fully saturated rings. The number of hydrogen-bond acceptors (Lipinski definition) is 2. The Kier molecular flexibility index (Phi) is 4.43. The van der Waals surface area contributed by atoms with Crippen LogP contribution in [0.4, 0.5) is 5.82 Å². The van der Waals surface area contributed by atoms with Gasteiger partial charge in [0.2, 0.25) is 0 Å². The normalized spacial score (nSPS) is 17.9. The Morgan fingerprint density at radius 2 is 2.04 bits per heavy atom. The van der Waals surface area contributed by atoms with Crippen LogP contribution in [0.3, 0.4) is 0 Å². The number of hydrogen-bond donors (Lipinski definition) is 0. The monoisotopic (exact) mass is 320 g/mol. The topological polar surface area (TPSA) is 25.0 Å². The minimum atomic E-state index is 0.462. The van der Waals surface area contributed by atoms with Gasteiger partial charge in [0.15, 0.2) is 6.29 Å². The maximum Gasteiger partial charge on any atom is 0.154 e. The van der Waals surface area contributed by atoms with E-state index in [0.29, 0.717) is 12.0 Å². The van der Waals surface area contributed by atoms with Crippen molar-refractivity contribution in [3.63, 3.8) is 0 Å². The molecule has 3 rings (SSSR count). The smallest absolute Gasteiger partial charge is 0.154 e. The summed E-state index contributed by atoms with van der Waals surface area (Å²) in [6, 6.07) is 8.52. The van der Waals surface area contributed by atoms with Crippen LogP contribution in [0.15, 0.2) is 55.1 Å². The van der Waals surface area contributed by atoms with Gasteiger partial charge in [0.05, 0.1) is 11.1 Å². The number of para-hydroxylation sites is 1. The molecule has 124 valence electrons. The Morgan fingerprint density at radius 1 is 1.33 bits per heavy atom. The van der Waals surface area contributed by atoms with Crippen LogP contribution in [0, 0.1) is 5.92 Å². The Bertz CT molecular complexity index is 839. The van der Waals surface area contributed by atoms with Gasteiger partial charge >= 0.3 is 0 Å². The molecule has 1 aliphatic rings. The van der Waals surface area contributed by atoms with Crippen molar-refractivity contribution < 1.29 is 4.79 Å². The number of carbonyl (C=O) groups excluding carboxylic acids is 1. The molecular formula is C21H24N2O. The van der Waals surface area contributed by atoms with E-state index >= 15 is 0 Å². The number of nitrogens with zero attached hydrogens (tertiary/aromatic N) is 2. The molecular weight excluding hydrogens is 296 g/mol. The van der Waals surface area contributed by atoms with Crippen molar-refractivity contribution in [2.24, 2.45) is 5.92 Å². The van der Waals surface area contributed by atoms with Crippen molar-refractivity contribution in [2.75, 3.05) is 11.4 Å². The van der Waals surface area contributed by atoms with Gasteiger partial charge in [0.1, 0.15) is 5.82 Å². The SMILES string of the molecule is C=C/C(=C\C=C\C(C)C)n1c(N2CC2C)c(C=O)c2ccccc21. The third kappa shape index (κ3) is 2.82. The second-order valence-corrected chi connectivity index (χ2v) is 6.63. The standard InChI is InChI=1S/C21H24N2O/c1-5-17(10-8-9-15(2)3)23-20-12-7-6-11-18(20)19(14-24)21(23)22-13-16(22)4/h5-12,14-16H,1,13H2,2-4H3/b9-8+,17-10+. The first-order chi connectivity index (χ1) is 11.6. The molecule has 1 aromatic carbocycles. The van der Waals surface area contributed by atoms with Gasteiger partial charge in [0, 0.05) is 23.7 Å². The average molecular weight is 320 g/mol. The van der Waals surface area contributed by atoms with Crippen molar-refractivity contribution in [1.82, 2.24) is 4.57 Å². The van der Waals surface area contributed by atoms with Gasteiger partial charge in [-0.25, -0.2) is 0 Å². The van der Waals surface area contributed by atoms with Gasteiger partial charge in [0.25, 0.3) is 0 Å². The van der Waals surface area contributed by atoms with Crippen LogP contribution in [0.2, 0.25) is 0 Å². The van der Waals surface area contributed by atoms with Crippen LogP contribution in [-0.4, -0.2) is 23.4 Å². The van der Waals surface area contributed by atoms with Crippen LogP contribution in [0.5, 0.6) is 0 Å². The highest BCUT2D eigenvalue weighted by molar-refractivity contribution is 6.06. The van der Waals surface area contributed by atoms with E-state index in [0.717, 1.165) is 40.8 Å². The van der Waals surface area contributed by atoms with Crippen LogP contribution < -0.4 is 4.90 Å². The molecule has 2 heterocycles. The summed E-state index contributed by atoms with van der Waals surface area (Å²) < 4.78 is 2.15. The minimum absolute atomic E-state index is 0.462. The maximum absolute atomic E-state index is 11.8. The highest BCUT2D eigenvalue weighted by atomic mass is 16.1. The zero-order valence-electron chi connectivity index (χ0n) is 14.6. The van der Waals surface area contributed by atoms with Crippen molar-refractivity contribution in [1.29, 1.82) is 0 Å². The number of aldehydes is 1. The predicted octanol–water partition coefficient (Wildman–Crippen LogP) is 4.90. The molecule has 0 aliphatic carbocycles. The molecule has 24 heavy (non-hydrogen) atoms. The molecule has 3 heteroatoms. The molecule has 0 radical (unpaired) electrons. The molecule has 1 aromatic heterocycles. The number of rotatable bonds is 6. The number of benzene rings is 1. The number of anilines is 1. The van der Waals surface area contributed by atoms with Gasteiger partial charge < -0.3 is 4.90 Å². The molecule has 0 bridgehead atoms.